The van der Waals surface area contributed by atoms with E-state index in [0.29, 0.717) is 22.5 Å². The van der Waals surface area contributed by atoms with Gasteiger partial charge in [-0.3, -0.25) is 0 Å². The number of pyridine rings is 2. The Balaban J connectivity index is 0.000000195. The maximum atomic E-state index is 13.4. The smallest absolute Gasteiger partial charge is 0.123 e. The van der Waals surface area contributed by atoms with E-state index in [2.05, 4.69) is 66.0 Å². The minimum atomic E-state index is -2.15. The number of thiophene rings is 1. The van der Waals surface area contributed by atoms with Gasteiger partial charge in [-0.15, -0.1) is 59.2 Å². The predicted molar refractivity (Wildman–Crippen MR) is 246 cm³/mol. The van der Waals surface area contributed by atoms with Gasteiger partial charge in [-0.25, -0.2) is 4.39 Å². The van der Waals surface area contributed by atoms with Crippen molar-refractivity contribution in [2.45, 2.75) is 45.7 Å². The third-order valence-electron chi connectivity index (χ3n) is 10.1. The molecule has 0 aliphatic heterocycles. The van der Waals surface area contributed by atoms with Gasteiger partial charge in [0.1, 0.15) is 5.82 Å². The maximum absolute atomic E-state index is 13.4. The minimum absolute atomic E-state index is 0. The van der Waals surface area contributed by atoms with Crippen molar-refractivity contribution in [2.24, 2.45) is 0 Å². The molecule has 9 rings (SSSR count). The van der Waals surface area contributed by atoms with Crippen LogP contribution in [-0.4, -0.2) is 18.0 Å². The van der Waals surface area contributed by atoms with Gasteiger partial charge in [-0.05, 0) is 90.7 Å². The van der Waals surface area contributed by atoms with Crippen LogP contribution in [-0.2, 0) is 26.5 Å². The molecule has 0 aliphatic carbocycles. The third kappa shape index (κ3) is 9.59. The number of nitrogens with zero attached hydrogens (tertiary/aromatic N) is 2. The fourth-order valence-corrected chi connectivity index (χ4v) is 9.79. The van der Waals surface area contributed by atoms with E-state index < -0.39 is 27.2 Å². The Morgan fingerprint density at radius 3 is 2.22 bits per heavy atom. The largest absolute Gasteiger partial charge is 0.305 e. The molecule has 1 radical (unpaired) electrons. The summed E-state index contributed by atoms with van der Waals surface area (Å²) >= 11 is 1.67. The second-order valence-electron chi connectivity index (χ2n) is 15.2. The second-order valence-corrected chi connectivity index (χ2v) is 21.3. The maximum Gasteiger partial charge on any atom is 0.123 e. The zero-order chi connectivity index (χ0) is 45.4. The summed E-state index contributed by atoms with van der Waals surface area (Å²) in [4.78, 5) is 9.24. The molecule has 6 heteroatoms. The van der Waals surface area contributed by atoms with Crippen LogP contribution in [0.1, 0.15) is 48.9 Å². The number of halogens is 1. The van der Waals surface area contributed by atoms with E-state index in [1.165, 1.54) is 18.2 Å². The van der Waals surface area contributed by atoms with Gasteiger partial charge in [0.25, 0.3) is 0 Å². The Hall–Kier alpha value is -5.36. The normalized spacial score (nSPS) is 14.3. The Morgan fingerprint density at radius 1 is 0.763 bits per heavy atom. The Morgan fingerprint density at radius 2 is 1.51 bits per heavy atom. The van der Waals surface area contributed by atoms with Crippen molar-refractivity contribution in [3.05, 3.63) is 210 Å². The summed E-state index contributed by atoms with van der Waals surface area (Å²) in [6.07, 6.45) is 1.92. The van der Waals surface area contributed by atoms with Crippen molar-refractivity contribution in [1.82, 2.24) is 9.97 Å². The van der Waals surface area contributed by atoms with Gasteiger partial charge in [0.05, 0.1) is 8.07 Å². The summed E-state index contributed by atoms with van der Waals surface area (Å²) in [5.41, 5.74) is 8.28. The number of hydrogen-bond acceptors (Lipinski definition) is 3. The SMILES string of the molecule is [2H]C([2H])([2H])c1c[c-]c(-c2cc(C([2H])(C)c3ccccc3)c([Si](C)(C)C)cn2)cc1.[2H]C([2H])(c1ccccc1)c1ccnc(-c2[c-]ccc3c2sc2cc(-c4ccc(F)cc4)ccc23)c1.[Ir]. The second kappa shape index (κ2) is 18.3. The average Bonchev–Trinajstić information content (AvgIpc) is 3.68. The first-order valence-corrected chi connectivity index (χ1v) is 23.5. The fourth-order valence-electron chi connectivity index (χ4n) is 7.03. The molecule has 6 aromatic carbocycles. The van der Waals surface area contributed by atoms with Gasteiger partial charge in [-0.2, -0.15) is 11.3 Å². The van der Waals surface area contributed by atoms with E-state index >= 15 is 0 Å². The van der Waals surface area contributed by atoms with E-state index in [0.717, 1.165) is 58.7 Å². The molecular formula is C53H45FIrN2SSi-2. The van der Waals surface area contributed by atoms with Gasteiger partial charge in [0.2, 0.25) is 0 Å². The first-order valence-electron chi connectivity index (χ1n) is 22.2. The van der Waals surface area contributed by atoms with Crippen molar-refractivity contribution in [2.75, 3.05) is 0 Å². The number of aryl methyl sites for hydroxylation is 1. The first-order chi connectivity index (χ1) is 30.4. The number of benzene rings is 6. The van der Waals surface area contributed by atoms with Crippen molar-refractivity contribution < 1.29 is 32.7 Å². The minimum Gasteiger partial charge on any atom is -0.305 e. The zero-order valence-electron chi connectivity index (χ0n) is 39.1. The van der Waals surface area contributed by atoms with Crippen LogP contribution in [0, 0.1) is 24.8 Å². The van der Waals surface area contributed by atoms with Crippen LogP contribution in [0.3, 0.4) is 0 Å². The Labute approximate surface area is 374 Å². The molecule has 0 bridgehead atoms. The third-order valence-corrected chi connectivity index (χ3v) is 13.3. The van der Waals surface area contributed by atoms with E-state index in [1.807, 2.05) is 79.9 Å². The molecule has 0 spiro atoms. The first kappa shape index (κ1) is 34.5. The average molecular weight is 987 g/mol. The molecule has 2 nitrogen and oxygen atoms in total. The Kier molecular flexibility index (Phi) is 10.7. The van der Waals surface area contributed by atoms with Crippen molar-refractivity contribution in [3.63, 3.8) is 0 Å². The standard InChI is InChI=1S/C30H19FNS.C23H26NSi.Ir/c31-24-12-9-22(10-13-24)23-11-14-25-26-7-4-8-27(30(26)33-29(25)19-23)28-18-21(15-16-32-28)17-20-5-2-1-3-6-20;1-17-11-13-20(14-12-17)22-15-21(23(16-24-22)25(3,4)5)18(2)19-9-7-6-8-10-19;/h1-7,9-16,18-19H,17H2;6-13,15-16,18H,1-5H3;/q2*-1;/i17D2;1D3,18D;. The quantitative estimate of drug-likeness (QED) is 0.112. The molecule has 3 heterocycles. The van der Waals surface area contributed by atoms with Gasteiger partial charge in [0, 0.05) is 51.3 Å². The Bertz CT molecular complexity index is 3080. The number of fused-ring (bicyclic) bond motifs is 3. The van der Waals surface area contributed by atoms with E-state index in [1.54, 1.807) is 60.0 Å². The molecule has 9 aromatic rings. The van der Waals surface area contributed by atoms with Crippen molar-refractivity contribution in [1.29, 1.82) is 0 Å². The zero-order valence-corrected chi connectivity index (χ0v) is 37.3. The molecule has 295 valence electrons. The van der Waals surface area contributed by atoms with Crippen LogP contribution < -0.4 is 5.19 Å². The molecule has 0 amide bonds. The van der Waals surface area contributed by atoms with Crippen LogP contribution in [0.25, 0.3) is 53.8 Å². The van der Waals surface area contributed by atoms with Gasteiger partial charge in [0.15, 0.2) is 0 Å². The summed E-state index contributed by atoms with van der Waals surface area (Å²) in [5, 5.41) is 3.41. The molecule has 0 aliphatic rings. The molecule has 1 atom stereocenters. The van der Waals surface area contributed by atoms with Crippen molar-refractivity contribution >= 4 is 44.8 Å². The summed E-state index contributed by atoms with van der Waals surface area (Å²) in [7, 11) is -1.75. The van der Waals surface area contributed by atoms with Gasteiger partial charge in [-0.1, -0.05) is 136 Å². The van der Waals surface area contributed by atoms with E-state index in [4.69, 9.17) is 6.85 Å². The van der Waals surface area contributed by atoms with Crippen molar-refractivity contribution in [3.8, 4) is 33.6 Å². The van der Waals surface area contributed by atoms with Crippen LogP contribution in [0.5, 0.6) is 0 Å². The van der Waals surface area contributed by atoms with Crippen LogP contribution in [0.2, 0.25) is 19.6 Å². The predicted octanol–water partition coefficient (Wildman–Crippen LogP) is 13.9. The molecule has 0 fully saturated rings. The number of aromatic nitrogens is 2. The number of hydrogen-bond donors (Lipinski definition) is 0. The van der Waals surface area contributed by atoms with Crippen LogP contribution in [0.4, 0.5) is 4.39 Å². The topological polar surface area (TPSA) is 25.8 Å². The summed E-state index contributed by atoms with van der Waals surface area (Å²) < 4.78 is 64.9. The summed E-state index contributed by atoms with van der Waals surface area (Å²) in [6.45, 7) is 6.54. The molecule has 0 saturated heterocycles. The molecule has 0 N–H and O–H groups in total. The van der Waals surface area contributed by atoms with E-state index in [9.17, 15) is 5.76 Å². The van der Waals surface area contributed by atoms with E-state index in [-0.39, 0.29) is 31.5 Å². The molecular weight excluding hydrogens is 936 g/mol. The molecule has 1 unspecified atom stereocenters. The summed E-state index contributed by atoms with van der Waals surface area (Å²) in [5.74, 6) is -1.17. The van der Waals surface area contributed by atoms with Crippen LogP contribution in [0.15, 0.2) is 164 Å². The fraction of sp³-hybridized carbons (Fsp3) is 0.132. The monoisotopic (exact) mass is 987 g/mol. The molecule has 59 heavy (non-hydrogen) atoms. The summed E-state index contributed by atoms with van der Waals surface area (Å²) in [6, 6.07) is 52.6. The number of rotatable bonds is 8. The van der Waals surface area contributed by atoms with Gasteiger partial charge >= 0.3 is 0 Å². The molecule has 0 saturated carbocycles. The van der Waals surface area contributed by atoms with Gasteiger partial charge < -0.3 is 9.97 Å². The van der Waals surface area contributed by atoms with Crippen LogP contribution >= 0.6 is 11.3 Å². The molecule has 3 aromatic heterocycles.